The molecule has 0 saturated carbocycles. The van der Waals surface area contributed by atoms with Crippen molar-refractivity contribution < 1.29 is 9.59 Å². The van der Waals surface area contributed by atoms with Crippen molar-refractivity contribution in [2.45, 2.75) is 47.1 Å². The molecule has 2 aromatic carbocycles. The number of hydrogen-bond acceptors (Lipinski definition) is 2. The summed E-state index contributed by atoms with van der Waals surface area (Å²) >= 11 is 0. The lowest BCUT2D eigenvalue weighted by molar-refractivity contribution is -0.132. The maximum atomic E-state index is 12.9. The number of nitrogens with one attached hydrogen (secondary N) is 2. The Morgan fingerprint density at radius 1 is 1.07 bits per heavy atom. The second-order valence-corrected chi connectivity index (χ2v) is 8.43. The minimum Gasteiger partial charge on any atom is -0.351 e. The number of nitrogens with zero attached hydrogens (tertiary/aromatic N) is 1. The molecule has 154 valence electrons. The predicted molar refractivity (Wildman–Crippen MR) is 117 cm³/mol. The molecule has 2 aromatic rings. The van der Waals surface area contributed by atoms with Crippen LogP contribution in [0, 0.1) is 26.2 Å². The Hall–Kier alpha value is -2.82. The minimum atomic E-state index is -0.581. The number of urea groups is 1. The van der Waals surface area contributed by atoms with Gasteiger partial charge in [-0.05, 0) is 63.3 Å². The van der Waals surface area contributed by atoms with Gasteiger partial charge in [-0.15, -0.1) is 0 Å². The van der Waals surface area contributed by atoms with E-state index in [0.717, 1.165) is 35.2 Å². The van der Waals surface area contributed by atoms with Gasteiger partial charge in [0.15, 0.2) is 0 Å². The van der Waals surface area contributed by atoms with Gasteiger partial charge in [0.25, 0.3) is 0 Å². The second-order valence-electron chi connectivity index (χ2n) is 8.43. The molecule has 29 heavy (non-hydrogen) atoms. The lowest BCUT2D eigenvalue weighted by Crippen LogP contribution is -2.52. The fourth-order valence-corrected chi connectivity index (χ4v) is 3.78. The molecule has 0 bridgehead atoms. The highest BCUT2D eigenvalue weighted by atomic mass is 16.2. The summed E-state index contributed by atoms with van der Waals surface area (Å²) in [6.07, 6.45) is 1.59. The van der Waals surface area contributed by atoms with Crippen molar-refractivity contribution in [2.24, 2.45) is 5.41 Å². The number of anilines is 1. The number of hydrogen-bond donors (Lipinski definition) is 2. The molecule has 0 aliphatic carbocycles. The van der Waals surface area contributed by atoms with Gasteiger partial charge in [-0.2, -0.15) is 0 Å². The average molecular weight is 394 g/mol. The number of likely N-dealkylation sites (tertiary alicyclic amines) is 1. The van der Waals surface area contributed by atoms with Crippen LogP contribution in [0.25, 0.3) is 0 Å². The Kier molecular flexibility index (Phi) is 6.26. The van der Waals surface area contributed by atoms with Gasteiger partial charge in [-0.1, -0.05) is 42.0 Å². The molecule has 1 aliphatic heterocycles. The number of benzene rings is 2. The molecule has 5 nitrogen and oxygen atoms in total. The van der Waals surface area contributed by atoms with Crippen LogP contribution in [0.4, 0.5) is 10.5 Å². The zero-order valence-electron chi connectivity index (χ0n) is 17.8. The molecular formula is C24H31N3O2. The number of piperidine rings is 1. The molecule has 0 aromatic heterocycles. The van der Waals surface area contributed by atoms with Crippen molar-refractivity contribution in [1.82, 2.24) is 10.2 Å². The van der Waals surface area contributed by atoms with E-state index in [9.17, 15) is 9.59 Å². The van der Waals surface area contributed by atoms with Crippen LogP contribution in [0.15, 0.2) is 42.5 Å². The number of carbonyl (C=O) groups excluding carboxylic acids is 2. The Bertz CT molecular complexity index is 891. The highest BCUT2D eigenvalue weighted by Gasteiger charge is 2.39. The summed E-state index contributed by atoms with van der Waals surface area (Å²) in [6, 6.07) is 13.9. The lowest BCUT2D eigenvalue weighted by Gasteiger charge is -2.39. The zero-order valence-corrected chi connectivity index (χ0v) is 17.8. The van der Waals surface area contributed by atoms with E-state index in [4.69, 9.17) is 0 Å². The maximum absolute atomic E-state index is 12.9. The molecule has 1 fully saturated rings. The van der Waals surface area contributed by atoms with Gasteiger partial charge in [-0.25, -0.2) is 4.79 Å². The third-order valence-electron chi connectivity index (χ3n) is 5.95. The predicted octanol–water partition coefficient (Wildman–Crippen LogP) is 4.56. The molecule has 0 radical (unpaired) electrons. The van der Waals surface area contributed by atoms with Crippen LogP contribution in [-0.2, 0) is 11.3 Å². The maximum Gasteiger partial charge on any atom is 0.321 e. The van der Waals surface area contributed by atoms with Gasteiger partial charge in [0.1, 0.15) is 0 Å². The van der Waals surface area contributed by atoms with Crippen molar-refractivity contribution >= 4 is 17.6 Å². The highest BCUT2D eigenvalue weighted by Crippen LogP contribution is 2.30. The van der Waals surface area contributed by atoms with E-state index in [1.807, 2.05) is 70.2 Å². The Balaban J connectivity index is 1.61. The van der Waals surface area contributed by atoms with E-state index in [0.29, 0.717) is 19.6 Å². The molecule has 1 heterocycles. The first-order valence-corrected chi connectivity index (χ1v) is 10.2. The monoisotopic (exact) mass is 393 g/mol. The van der Waals surface area contributed by atoms with Crippen molar-refractivity contribution in [2.75, 3.05) is 18.4 Å². The number of rotatable bonds is 4. The van der Waals surface area contributed by atoms with E-state index in [1.165, 1.54) is 5.56 Å². The molecule has 0 unspecified atom stereocenters. The van der Waals surface area contributed by atoms with Gasteiger partial charge in [0, 0.05) is 25.3 Å². The fraction of sp³-hybridized carbons (Fsp3) is 0.417. The Morgan fingerprint density at radius 2 is 1.79 bits per heavy atom. The molecule has 1 saturated heterocycles. The summed E-state index contributed by atoms with van der Waals surface area (Å²) < 4.78 is 0. The highest BCUT2D eigenvalue weighted by molar-refractivity contribution is 5.91. The first-order chi connectivity index (χ1) is 13.8. The SMILES string of the molecule is Cc1ccc(CNC(=O)[C@]2(C)CCCN(C(=O)Nc3cccc(C)c3C)C2)cc1. The second kappa shape index (κ2) is 8.68. The number of carbonyl (C=O) groups is 2. The lowest BCUT2D eigenvalue weighted by atomic mass is 9.81. The molecule has 3 rings (SSSR count). The summed E-state index contributed by atoms with van der Waals surface area (Å²) in [6.45, 7) is 9.62. The van der Waals surface area contributed by atoms with Crippen LogP contribution in [0.5, 0.6) is 0 Å². The van der Waals surface area contributed by atoms with E-state index in [1.54, 1.807) is 4.90 Å². The molecule has 5 heteroatoms. The van der Waals surface area contributed by atoms with E-state index in [-0.39, 0.29) is 11.9 Å². The van der Waals surface area contributed by atoms with Gasteiger partial charge in [0.05, 0.1) is 5.41 Å². The minimum absolute atomic E-state index is 0.00214. The van der Waals surface area contributed by atoms with Gasteiger partial charge in [-0.3, -0.25) is 4.79 Å². The molecule has 2 N–H and O–H groups in total. The molecule has 1 aliphatic rings. The van der Waals surface area contributed by atoms with Crippen LogP contribution < -0.4 is 10.6 Å². The molecule has 1 atom stereocenters. The Labute approximate surface area is 173 Å². The van der Waals surface area contributed by atoms with E-state index in [2.05, 4.69) is 10.6 Å². The third kappa shape index (κ3) is 4.97. The third-order valence-corrected chi connectivity index (χ3v) is 5.95. The molecule has 3 amide bonds. The first-order valence-electron chi connectivity index (χ1n) is 10.2. The van der Waals surface area contributed by atoms with Gasteiger partial charge in [0.2, 0.25) is 5.91 Å². The quantitative estimate of drug-likeness (QED) is 0.800. The van der Waals surface area contributed by atoms with Crippen molar-refractivity contribution in [1.29, 1.82) is 0 Å². The van der Waals surface area contributed by atoms with E-state index >= 15 is 0 Å². The summed E-state index contributed by atoms with van der Waals surface area (Å²) in [5, 5.41) is 6.07. The number of aryl methyl sites for hydroxylation is 2. The summed E-state index contributed by atoms with van der Waals surface area (Å²) in [5.74, 6) is 0.00214. The van der Waals surface area contributed by atoms with Crippen molar-refractivity contribution in [3.8, 4) is 0 Å². The molecule has 0 spiro atoms. The first kappa shape index (κ1) is 20.9. The fourth-order valence-electron chi connectivity index (χ4n) is 3.78. The zero-order chi connectivity index (χ0) is 21.0. The molecular weight excluding hydrogens is 362 g/mol. The Morgan fingerprint density at radius 3 is 2.52 bits per heavy atom. The van der Waals surface area contributed by atoms with Crippen LogP contribution >= 0.6 is 0 Å². The summed E-state index contributed by atoms with van der Waals surface area (Å²) in [4.78, 5) is 27.5. The van der Waals surface area contributed by atoms with Crippen LogP contribution in [0.2, 0.25) is 0 Å². The number of amides is 3. The standard InChI is InChI=1S/C24H31N3O2/c1-17-9-11-20(12-10-17)15-25-22(28)24(4)13-6-14-27(16-24)23(29)26-21-8-5-7-18(2)19(21)3/h5,7-12H,6,13-16H2,1-4H3,(H,25,28)(H,26,29)/t24-/m1/s1. The summed E-state index contributed by atoms with van der Waals surface area (Å²) in [5.41, 5.74) is 4.73. The smallest absolute Gasteiger partial charge is 0.321 e. The normalized spacial score (nSPS) is 19.0. The van der Waals surface area contributed by atoms with Gasteiger partial charge < -0.3 is 15.5 Å². The summed E-state index contributed by atoms with van der Waals surface area (Å²) in [7, 11) is 0. The van der Waals surface area contributed by atoms with Crippen molar-refractivity contribution in [3.05, 3.63) is 64.7 Å². The van der Waals surface area contributed by atoms with Crippen LogP contribution in [0.3, 0.4) is 0 Å². The van der Waals surface area contributed by atoms with Crippen LogP contribution in [0.1, 0.15) is 42.0 Å². The average Bonchev–Trinajstić information content (AvgIpc) is 2.70. The van der Waals surface area contributed by atoms with Gasteiger partial charge >= 0.3 is 6.03 Å². The van der Waals surface area contributed by atoms with Crippen molar-refractivity contribution in [3.63, 3.8) is 0 Å². The van der Waals surface area contributed by atoms with Crippen LogP contribution in [-0.4, -0.2) is 29.9 Å². The topological polar surface area (TPSA) is 61.4 Å². The van der Waals surface area contributed by atoms with E-state index < -0.39 is 5.41 Å². The largest absolute Gasteiger partial charge is 0.351 e.